The van der Waals surface area contributed by atoms with Crippen LogP contribution >= 0.6 is 0 Å². The van der Waals surface area contributed by atoms with Crippen molar-refractivity contribution in [1.82, 2.24) is 0 Å². The van der Waals surface area contributed by atoms with Crippen LogP contribution in [0.5, 0.6) is 0 Å². The SMILES string of the molecule is [B]C([B])(OS(=O)(=O)C(F)(F)F)C(F)F. The van der Waals surface area contributed by atoms with E-state index in [1.807, 2.05) is 0 Å². The van der Waals surface area contributed by atoms with Gasteiger partial charge < -0.3 is 0 Å². The van der Waals surface area contributed by atoms with Crippen LogP contribution < -0.4 is 0 Å². The van der Waals surface area contributed by atoms with Crippen LogP contribution in [0.15, 0.2) is 0 Å². The van der Waals surface area contributed by atoms with Crippen LogP contribution in [0.2, 0.25) is 0 Å². The van der Waals surface area contributed by atoms with Gasteiger partial charge in [0.2, 0.25) is 0 Å². The molecule has 0 rings (SSSR count). The van der Waals surface area contributed by atoms with Crippen molar-refractivity contribution in [3.8, 4) is 0 Å². The van der Waals surface area contributed by atoms with Crippen LogP contribution in [0, 0.1) is 0 Å². The third-order valence-corrected chi connectivity index (χ3v) is 1.95. The summed E-state index contributed by atoms with van der Waals surface area (Å²) in [6, 6.07) is 0. The highest BCUT2D eigenvalue weighted by molar-refractivity contribution is 7.87. The Hall–Kier alpha value is -0.310. The summed E-state index contributed by atoms with van der Waals surface area (Å²) in [4.78, 5) is 0. The minimum atomic E-state index is -6.23. The number of halogens is 5. The lowest BCUT2D eigenvalue weighted by Gasteiger charge is -2.24. The molecule has 0 atom stereocenters. The van der Waals surface area contributed by atoms with Crippen LogP contribution in [-0.2, 0) is 14.3 Å². The maximum absolute atomic E-state index is 11.7. The largest absolute Gasteiger partial charge is 0.523 e. The smallest absolute Gasteiger partial charge is 0.271 e. The zero-order valence-corrected chi connectivity index (χ0v) is 7.07. The van der Waals surface area contributed by atoms with Gasteiger partial charge in [-0.1, -0.05) is 0 Å². The standard InChI is InChI=1S/C3HB2F5O3S/c4-2(5,1(6)7)13-14(11,12)3(8,9)10/h1H. The summed E-state index contributed by atoms with van der Waals surface area (Å²) in [7, 11) is 2.31. The number of alkyl halides is 5. The Morgan fingerprint density at radius 2 is 1.50 bits per heavy atom. The van der Waals surface area contributed by atoms with E-state index in [2.05, 4.69) is 19.9 Å². The van der Waals surface area contributed by atoms with Gasteiger partial charge in [-0.2, -0.15) is 21.6 Å². The Kier molecular flexibility index (Phi) is 3.60. The molecule has 0 bridgehead atoms. The number of hydrogen-bond acceptors (Lipinski definition) is 3. The molecule has 0 fully saturated rings. The van der Waals surface area contributed by atoms with Gasteiger partial charge in [0.05, 0.1) is 5.40 Å². The summed E-state index contributed by atoms with van der Waals surface area (Å²) in [6.07, 6.45) is -3.79. The molecule has 0 saturated carbocycles. The normalized spacial score (nSPS) is 14.7. The van der Waals surface area contributed by atoms with Gasteiger partial charge in [0.15, 0.2) is 0 Å². The molecule has 11 heteroatoms. The predicted octanol–water partition coefficient (Wildman–Crippen LogP) is 0.109. The Balaban J connectivity index is 4.88. The van der Waals surface area contributed by atoms with E-state index in [0.29, 0.717) is 0 Å². The third kappa shape index (κ3) is 3.12. The summed E-state index contributed by atoms with van der Waals surface area (Å²) >= 11 is 0. The van der Waals surface area contributed by atoms with Gasteiger partial charge in [0, 0.05) is 0 Å². The minimum Gasteiger partial charge on any atom is -0.271 e. The molecule has 0 unspecified atom stereocenters. The van der Waals surface area contributed by atoms with Gasteiger partial charge in [-0.3, -0.25) is 4.18 Å². The molecular weight excluding hydrogens is 233 g/mol. The topological polar surface area (TPSA) is 43.4 Å². The molecule has 0 saturated heterocycles. The van der Waals surface area contributed by atoms with Crippen molar-refractivity contribution in [3.63, 3.8) is 0 Å². The van der Waals surface area contributed by atoms with E-state index in [1.54, 1.807) is 0 Å². The van der Waals surface area contributed by atoms with Gasteiger partial charge in [-0.05, 0) is 0 Å². The highest BCUT2D eigenvalue weighted by Gasteiger charge is 2.51. The second-order valence-electron chi connectivity index (χ2n) is 2.14. The van der Waals surface area contributed by atoms with Crippen molar-refractivity contribution >= 4 is 25.8 Å². The summed E-state index contributed by atoms with van der Waals surface area (Å²) in [6.45, 7) is 0. The van der Waals surface area contributed by atoms with Crippen LogP contribution in [0.1, 0.15) is 0 Å². The lowest BCUT2D eigenvalue weighted by molar-refractivity contribution is -0.0631. The fourth-order valence-electron chi connectivity index (χ4n) is 0.274. The van der Waals surface area contributed by atoms with Crippen molar-refractivity contribution in [2.45, 2.75) is 17.3 Å². The van der Waals surface area contributed by atoms with Crippen LogP contribution in [0.4, 0.5) is 22.0 Å². The predicted molar refractivity (Wildman–Crippen MR) is 36.3 cm³/mol. The molecule has 0 aromatic heterocycles. The molecule has 3 nitrogen and oxygen atoms in total. The van der Waals surface area contributed by atoms with E-state index in [0.717, 1.165) is 0 Å². The Morgan fingerprint density at radius 3 is 1.71 bits per heavy atom. The highest BCUT2D eigenvalue weighted by atomic mass is 32.2. The maximum atomic E-state index is 11.7. The Morgan fingerprint density at radius 1 is 1.14 bits per heavy atom. The minimum absolute atomic E-state index is 2.90. The van der Waals surface area contributed by atoms with Crippen molar-refractivity contribution in [1.29, 1.82) is 0 Å². The fourth-order valence-corrected chi connectivity index (χ4v) is 0.821. The first-order valence-electron chi connectivity index (χ1n) is 2.78. The molecule has 0 aliphatic heterocycles. The first-order valence-corrected chi connectivity index (χ1v) is 4.19. The van der Waals surface area contributed by atoms with Gasteiger partial charge in [0.25, 0.3) is 6.43 Å². The second kappa shape index (κ2) is 3.69. The quantitative estimate of drug-likeness (QED) is 0.301. The van der Waals surface area contributed by atoms with E-state index in [-0.39, 0.29) is 0 Å². The molecular formula is C3HB2F5O3S. The van der Waals surface area contributed by atoms with Crippen LogP contribution in [-0.4, -0.2) is 41.4 Å². The van der Waals surface area contributed by atoms with E-state index >= 15 is 0 Å². The van der Waals surface area contributed by atoms with E-state index in [9.17, 15) is 30.4 Å². The molecule has 0 spiro atoms. The van der Waals surface area contributed by atoms with Gasteiger partial charge in [0.1, 0.15) is 15.7 Å². The molecule has 0 amide bonds. The van der Waals surface area contributed by atoms with Gasteiger partial charge in [-0.25, -0.2) is 8.78 Å². The zero-order valence-electron chi connectivity index (χ0n) is 6.25. The number of hydrogen-bond donors (Lipinski definition) is 0. The summed E-state index contributed by atoms with van der Waals surface area (Å²) in [5, 5.41) is -3.70. The molecule has 78 valence electrons. The van der Waals surface area contributed by atoms with Crippen molar-refractivity contribution in [2.75, 3.05) is 0 Å². The molecule has 0 aliphatic rings. The lowest BCUT2D eigenvalue weighted by Crippen LogP contribution is -2.46. The van der Waals surface area contributed by atoms with E-state index in [1.165, 1.54) is 0 Å². The lowest BCUT2D eigenvalue weighted by atomic mass is 9.66. The van der Waals surface area contributed by atoms with Crippen molar-refractivity contribution in [2.24, 2.45) is 0 Å². The van der Waals surface area contributed by atoms with Crippen molar-refractivity contribution < 1.29 is 34.6 Å². The number of rotatable bonds is 3. The molecule has 0 aliphatic carbocycles. The molecule has 0 heterocycles. The van der Waals surface area contributed by atoms with Gasteiger partial charge >= 0.3 is 15.6 Å². The monoisotopic (exact) mass is 234 g/mol. The maximum Gasteiger partial charge on any atom is 0.523 e. The highest BCUT2D eigenvalue weighted by Crippen LogP contribution is 2.28. The van der Waals surface area contributed by atoms with Crippen LogP contribution in [0.25, 0.3) is 0 Å². The molecule has 0 aromatic rings. The zero-order chi connectivity index (χ0) is 11.8. The first-order chi connectivity index (χ1) is 5.90. The van der Waals surface area contributed by atoms with E-state index < -0.39 is 27.5 Å². The van der Waals surface area contributed by atoms with Crippen molar-refractivity contribution in [3.05, 3.63) is 0 Å². The average molecular weight is 234 g/mol. The second-order valence-corrected chi connectivity index (χ2v) is 3.68. The Bertz CT molecular complexity index is 296. The third-order valence-electron chi connectivity index (χ3n) is 0.879. The van der Waals surface area contributed by atoms with Crippen LogP contribution in [0.3, 0.4) is 0 Å². The van der Waals surface area contributed by atoms with E-state index in [4.69, 9.17) is 0 Å². The van der Waals surface area contributed by atoms with Gasteiger partial charge in [-0.15, -0.1) is 0 Å². The fraction of sp³-hybridized carbons (Fsp3) is 1.00. The summed E-state index contributed by atoms with van der Waals surface area (Å²) in [5.74, 6) is 0. The summed E-state index contributed by atoms with van der Waals surface area (Å²) in [5.41, 5.74) is -5.86. The first kappa shape index (κ1) is 13.7. The Labute approximate surface area is 78.5 Å². The molecule has 0 aromatic carbocycles. The molecule has 4 radical (unpaired) electrons. The molecule has 14 heavy (non-hydrogen) atoms. The summed E-state index contributed by atoms with van der Waals surface area (Å²) < 4.78 is 81.3. The molecule has 0 N–H and O–H groups in total. The average Bonchev–Trinajstić information content (AvgIpc) is 1.80.